The van der Waals surface area contributed by atoms with E-state index in [2.05, 4.69) is 4.18 Å². The fraction of sp³-hybridized carbons (Fsp3) is 0.917. The summed E-state index contributed by atoms with van der Waals surface area (Å²) in [5.74, 6) is -3.99. The maximum absolute atomic E-state index is 14.1. The van der Waals surface area contributed by atoms with E-state index in [1.807, 2.05) is 0 Å². The molecule has 0 aromatic rings. The van der Waals surface area contributed by atoms with Crippen molar-refractivity contribution in [2.75, 3.05) is 13.2 Å². The molecule has 0 N–H and O–H groups in total. The first-order valence-electron chi connectivity index (χ1n) is 6.90. The molecule has 0 aromatic heterocycles. The Bertz CT molecular complexity index is 569. The molecule has 1 saturated heterocycles. The van der Waals surface area contributed by atoms with Gasteiger partial charge in [-0.15, -0.1) is 0 Å². The molecule has 1 amide bonds. The Labute approximate surface area is 136 Å². The fourth-order valence-electron chi connectivity index (χ4n) is 2.06. The Hall–Kier alpha value is -1.17. The van der Waals surface area contributed by atoms with Gasteiger partial charge in [-0.1, -0.05) is 0 Å². The maximum atomic E-state index is 14.1. The van der Waals surface area contributed by atoms with Crippen molar-refractivity contribution >= 4 is 16.2 Å². The molecule has 0 bridgehead atoms. The molecule has 24 heavy (non-hydrogen) atoms. The maximum Gasteiger partial charge on any atom is 0.523 e. The topological polar surface area (TPSA) is 72.9 Å². The molecule has 1 rings (SSSR count). The number of rotatable bonds is 4. The summed E-state index contributed by atoms with van der Waals surface area (Å²) in [6.07, 6.45) is -1.10. The van der Waals surface area contributed by atoms with Crippen molar-refractivity contribution < 1.29 is 44.1 Å². The van der Waals surface area contributed by atoms with E-state index in [9.17, 15) is 35.2 Å². The molecule has 0 aromatic carbocycles. The van der Waals surface area contributed by atoms with Gasteiger partial charge in [0.05, 0.1) is 0 Å². The SMILES string of the molecule is CC(C)(C)OC(=O)N1CCCC1C(F)(F)COS(=O)(=O)C(F)(F)F. The molecule has 0 aliphatic carbocycles. The lowest BCUT2D eigenvalue weighted by Crippen LogP contribution is -2.50. The molecule has 1 aliphatic heterocycles. The number of hydrogen-bond donors (Lipinski definition) is 0. The number of hydrogen-bond acceptors (Lipinski definition) is 5. The van der Waals surface area contributed by atoms with Gasteiger partial charge in [0.25, 0.3) is 5.92 Å². The average molecular weight is 383 g/mol. The number of carbonyl (C=O) groups is 1. The van der Waals surface area contributed by atoms with E-state index in [1.165, 1.54) is 20.8 Å². The minimum Gasteiger partial charge on any atom is -0.444 e. The molecule has 12 heteroatoms. The summed E-state index contributed by atoms with van der Waals surface area (Å²) in [5, 5.41) is 0. The Balaban J connectivity index is 2.83. The third kappa shape index (κ3) is 5.16. The molecule has 1 atom stereocenters. The van der Waals surface area contributed by atoms with E-state index < -0.39 is 45.9 Å². The van der Waals surface area contributed by atoms with Crippen molar-refractivity contribution in [3.05, 3.63) is 0 Å². The first kappa shape index (κ1) is 20.9. The van der Waals surface area contributed by atoms with Crippen LogP contribution in [-0.4, -0.2) is 55.6 Å². The van der Waals surface area contributed by atoms with Crippen LogP contribution in [0.3, 0.4) is 0 Å². The molecule has 6 nitrogen and oxygen atoms in total. The molecule has 1 aliphatic rings. The quantitative estimate of drug-likeness (QED) is 0.424. The molecule has 1 fully saturated rings. The van der Waals surface area contributed by atoms with E-state index in [0.717, 1.165) is 0 Å². The van der Waals surface area contributed by atoms with Gasteiger partial charge in [-0.05, 0) is 33.6 Å². The van der Waals surface area contributed by atoms with Crippen molar-refractivity contribution in [1.29, 1.82) is 0 Å². The normalized spacial score (nSPS) is 20.3. The van der Waals surface area contributed by atoms with E-state index >= 15 is 0 Å². The average Bonchev–Trinajstić information content (AvgIpc) is 2.83. The van der Waals surface area contributed by atoms with Crippen LogP contribution in [0.25, 0.3) is 0 Å². The minimum atomic E-state index is -6.14. The van der Waals surface area contributed by atoms with E-state index in [4.69, 9.17) is 4.74 Å². The molecule has 0 spiro atoms. The summed E-state index contributed by atoms with van der Waals surface area (Å²) in [6, 6.07) is -1.81. The lowest BCUT2D eigenvalue weighted by atomic mass is 10.1. The summed E-state index contributed by atoms with van der Waals surface area (Å²) in [4.78, 5) is 12.6. The number of likely N-dealkylation sites (tertiary alicyclic amines) is 1. The van der Waals surface area contributed by atoms with Crippen LogP contribution in [0.15, 0.2) is 0 Å². The van der Waals surface area contributed by atoms with Gasteiger partial charge in [0.1, 0.15) is 18.2 Å². The van der Waals surface area contributed by atoms with Crippen molar-refractivity contribution in [3.8, 4) is 0 Å². The predicted octanol–water partition coefficient (Wildman–Crippen LogP) is 2.89. The van der Waals surface area contributed by atoms with E-state index in [1.54, 1.807) is 0 Å². The van der Waals surface area contributed by atoms with Crippen LogP contribution in [0, 0.1) is 0 Å². The zero-order valence-electron chi connectivity index (χ0n) is 13.2. The summed E-state index contributed by atoms with van der Waals surface area (Å²) >= 11 is 0. The zero-order chi connectivity index (χ0) is 19.0. The number of amides is 1. The lowest BCUT2D eigenvalue weighted by Gasteiger charge is -2.32. The summed E-state index contributed by atoms with van der Waals surface area (Å²) in [6.45, 7) is 2.47. The van der Waals surface area contributed by atoms with Crippen LogP contribution in [0.2, 0.25) is 0 Å². The van der Waals surface area contributed by atoms with Crippen molar-refractivity contribution in [1.82, 2.24) is 4.90 Å². The third-order valence-electron chi connectivity index (χ3n) is 3.06. The molecule has 1 heterocycles. The Morgan fingerprint density at radius 1 is 1.17 bits per heavy atom. The Morgan fingerprint density at radius 3 is 2.17 bits per heavy atom. The van der Waals surface area contributed by atoms with Gasteiger partial charge < -0.3 is 4.74 Å². The number of ether oxygens (including phenoxy) is 1. The number of alkyl halides is 5. The van der Waals surface area contributed by atoms with Crippen molar-refractivity contribution in [2.45, 2.75) is 56.7 Å². The largest absolute Gasteiger partial charge is 0.523 e. The highest BCUT2D eigenvalue weighted by Crippen LogP contribution is 2.34. The highest BCUT2D eigenvalue weighted by atomic mass is 32.2. The van der Waals surface area contributed by atoms with E-state index in [-0.39, 0.29) is 19.4 Å². The zero-order valence-corrected chi connectivity index (χ0v) is 14.0. The second-order valence-electron chi connectivity index (χ2n) is 6.25. The van der Waals surface area contributed by atoms with Crippen LogP contribution in [0.4, 0.5) is 26.7 Å². The van der Waals surface area contributed by atoms with Gasteiger partial charge in [0.15, 0.2) is 0 Å². The standard InChI is InChI=1S/C12H18F5NO5S/c1-10(2,3)23-9(19)18-6-4-5-8(18)11(13,14)7-22-24(20,21)12(15,16)17/h8H,4-7H2,1-3H3. The second kappa shape index (κ2) is 6.62. The molecule has 0 radical (unpaired) electrons. The van der Waals surface area contributed by atoms with Crippen LogP contribution < -0.4 is 0 Å². The van der Waals surface area contributed by atoms with E-state index in [0.29, 0.717) is 4.90 Å². The summed E-state index contributed by atoms with van der Waals surface area (Å²) in [5.41, 5.74) is -6.75. The minimum absolute atomic E-state index is 0.0822. The highest BCUT2D eigenvalue weighted by molar-refractivity contribution is 7.87. The van der Waals surface area contributed by atoms with Gasteiger partial charge in [-0.3, -0.25) is 9.08 Å². The number of nitrogens with zero attached hydrogens (tertiary/aromatic N) is 1. The Kier molecular flexibility index (Phi) is 5.76. The fourth-order valence-corrected chi connectivity index (χ4v) is 2.51. The van der Waals surface area contributed by atoms with Crippen LogP contribution in [0.5, 0.6) is 0 Å². The number of halogens is 5. The van der Waals surface area contributed by atoms with Crippen molar-refractivity contribution in [3.63, 3.8) is 0 Å². The smallest absolute Gasteiger partial charge is 0.444 e. The van der Waals surface area contributed by atoms with Gasteiger partial charge in [0.2, 0.25) is 0 Å². The number of carbonyl (C=O) groups excluding carboxylic acids is 1. The van der Waals surface area contributed by atoms with Crippen LogP contribution in [0.1, 0.15) is 33.6 Å². The Morgan fingerprint density at radius 2 is 1.71 bits per heavy atom. The van der Waals surface area contributed by atoms with Crippen LogP contribution in [-0.2, 0) is 19.0 Å². The van der Waals surface area contributed by atoms with Gasteiger partial charge in [-0.25, -0.2) is 13.6 Å². The molecular weight excluding hydrogens is 365 g/mol. The highest BCUT2D eigenvalue weighted by Gasteiger charge is 2.53. The van der Waals surface area contributed by atoms with Crippen molar-refractivity contribution in [2.24, 2.45) is 0 Å². The first-order chi connectivity index (χ1) is 10.6. The monoisotopic (exact) mass is 383 g/mol. The second-order valence-corrected chi connectivity index (χ2v) is 7.86. The molecule has 0 saturated carbocycles. The lowest BCUT2D eigenvalue weighted by molar-refractivity contribution is -0.105. The van der Waals surface area contributed by atoms with Crippen LogP contribution >= 0.6 is 0 Å². The molecule has 142 valence electrons. The van der Waals surface area contributed by atoms with Gasteiger partial charge in [0, 0.05) is 6.54 Å². The summed E-state index contributed by atoms with van der Waals surface area (Å²) in [7, 11) is -6.14. The molecule has 1 unspecified atom stereocenters. The van der Waals surface area contributed by atoms with Gasteiger partial charge in [-0.2, -0.15) is 21.6 Å². The third-order valence-corrected chi connectivity index (χ3v) is 4.05. The first-order valence-corrected chi connectivity index (χ1v) is 8.31. The van der Waals surface area contributed by atoms with Gasteiger partial charge >= 0.3 is 21.7 Å². The molecular formula is C12H18F5NO5S. The summed E-state index contributed by atoms with van der Waals surface area (Å²) < 4.78 is 94.4. The predicted molar refractivity (Wildman–Crippen MR) is 71.8 cm³/mol.